The molecule has 0 amide bonds. The van der Waals surface area contributed by atoms with E-state index in [4.69, 9.17) is 10.8 Å². The average Bonchev–Trinajstić information content (AvgIpc) is 1.87. The first-order valence-electron chi connectivity index (χ1n) is 3.58. The van der Waals surface area contributed by atoms with Crippen molar-refractivity contribution in [3.63, 3.8) is 0 Å². The third-order valence-corrected chi connectivity index (χ3v) is 1.29. The molecule has 1 atom stereocenters. The van der Waals surface area contributed by atoms with E-state index in [1.54, 1.807) is 0 Å². The summed E-state index contributed by atoms with van der Waals surface area (Å²) in [6.45, 7) is 1.87. The molecule has 0 aliphatic carbocycles. The summed E-state index contributed by atoms with van der Waals surface area (Å²) < 4.78 is 0. The molecular formula is C7H13NO3. The van der Waals surface area contributed by atoms with Crippen LogP contribution in [0.2, 0.25) is 0 Å². The number of ketones is 1. The van der Waals surface area contributed by atoms with Crippen LogP contribution in [-0.4, -0.2) is 22.9 Å². The smallest absolute Gasteiger partial charge is 0.320 e. The first kappa shape index (κ1) is 10.1. The maximum atomic E-state index is 10.8. The SMILES string of the molecule is CCCC(=O)C[C@H](N)C(=O)O. The molecule has 0 rings (SSSR count). The molecule has 64 valence electrons. The maximum Gasteiger partial charge on any atom is 0.320 e. The Morgan fingerprint density at radius 3 is 2.45 bits per heavy atom. The number of nitrogens with two attached hydrogens (primary N) is 1. The Balaban J connectivity index is 3.66. The van der Waals surface area contributed by atoms with Gasteiger partial charge in [-0.2, -0.15) is 0 Å². The molecule has 0 aromatic heterocycles. The fraction of sp³-hybridized carbons (Fsp3) is 0.714. The van der Waals surface area contributed by atoms with Gasteiger partial charge in [0, 0.05) is 12.8 Å². The fourth-order valence-corrected chi connectivity index (χ4v) is 0.713. The maximum absolute atomic E-state index is 10.8. The molecule has 0 heterocycles. The average molecular weight is 159 g/mol. The van der Waals surface area contributed by atoms with Crippen LogP contribution in [0.5, 0.6) is 0 Å². The van der Waals surface area contributed by atoms with E-state index < -0.39 is 12.0 Å². The third kappa shape index (κ3) is 4.50. The van der Waals surface area contributed by atoms with Crippen molar-refractivity contribution in [2.24, 2.45) is 5.73 Å². The van der Waals surface area contributed by atoms with E-state index in [-0.39, 0.29) is 12.2 Å². The minimum absolute atomic E-state index is 0.0524. The minimum Gasteiger partial charge on any atom is -0.480 e. The van der Waals surface area contributed by atoms with Gasteiger partial charge < -0.3 is 10.8 Å². The van der Waals surface area contributed by atoms with Crippen LogP contribution in [0, 0.1) is 0 Å². The Labute approximate surface area is 65.4 Å². The molecule has 0 aliphatic heterocycles. The van der Waals surface area contributed by atoms with E-state index >= 15 is 0 Å². The molecule has 0 saturated carbocycles. The Kier molecular flexibility index (Phi) is 4.45. The first-order chi connectivity index (χ1) is 5.07. The van der Waals surface area contributed by atoms with Gasteiger partial charge in [0.2, 0.25) is 0 Å². The van der Waals surface area contributed by atoms with Crippen LogP contribution in [-0.2, 0) is 9.59 Å². The monoisotopic (exact) mass is 159 g/mol. The number of carboxylic acid groups (broad SMARTS) is 1. The van der Waals surface area contributed by atoms with Gasteiger partial charge in [-0.3, -0.25) is 9.59 Å². The highest BCUT2D eigenvalue weighted by molar-refractivity contribution is 5.85. The van der Waals surface area contributed by atoms with Gasteiger partial charge in [-0.1, -0.05) is 6.92 Å². The highest BCUT2D eigenvalue weighted by Crippen LogP contribution is 1.97. The summed E-state index contributed by atoms with van der Waals surface area (Å²) in [6.07, 6.45) is 1.11. The molecule has 3 N–H and O–H groups in total. The van der Waals surface area contributed by atoms with Crippen molar-refractivity contribution in [1.29, 1.82) is 0 Å². The van der Waals surface area contributed by atoms with E-state index in [1.165, 1.54) is 0 Å². The van der Waals surface area contributed by atoms with Crippen molar-refractivity contribution in [1.82, 2.24) is 0 Å². The van der Waals surface area contributed by atoms with E-state index in [2.05, 4.69) is 0 Å². The summed E-state index contributed by atoms with van der Waals surface area (Å²) in [7, 11) is 0. The predicted octanol–water partition coefficient (Wildman–Crippen LogP) is 0.158. The first-order valence-corrected chi connectivity index (χ1v) is 3.58. The van der Waals surface area contributed by atoms with Crippen molar-refractivity contribution < 1.29 is 14.7 Å². The largest absolute Gasteiger partial charge is 0.480 e. The summed E-state index contributed by atoms with van der Waals surface area (Å²) in [5.41, 5.74) is 5.13. The van der Waals surface area contributed by atoms with Gasteiger partial charge in [-0.25, -0.2) is 0 Å². The zero-order valence-corrected chi connectivity index (χ0v) is 6.54. The van der Waals surface area contributed by atoms with Gasteiger partial charge in [0.15, 0.2) is 0 Å². The van der Waals surface area contributed by atoms with Gasteiger partial charge in [0.05, 0.1) is 0 Å². The number of aliphatic carboxylic acids is 1. The second-order valence-electron chi connectivity index (χ2n) is 2.44. The second-order valence-corrected chi connectivity index (χ2v) is 2.44. The van der Waals surface area contributed by atoms with Crippen molar-refractivity contribution in [2.75, 3.05) is 0 Å². The Morgan fingerprint density at radius 2 is 2.09 bits per heavy atom. The zero-order chi connectivity index (χ0) is 8.85. The van der Waals surface area contributed by atoms with Gasteiger partial charge in [-0.15, -0.1) is 0 Å². The molecule has 0 saturated heterocycles. The molecule has 4 nitrogen and oxygen atoms in total. The summed E-state index contributed by atoms with van der Waals surface area (Å²) in [6, 6.07) is -1.03. The molecule has 0 aliphatic rings. The number of hydrogen-bond donors (Lipinski definition) is 2. The van der Waals surface area contributed by atoms with Crippen LogP contribution >= 0.6 is 0 Å². The predicted molar refractivity (Wildman–Crippen MR) is 40.1 cm³/mol. The van der Waals surface area contributed by atoms with Crippen LogP contribution in [0.3, 0.4) is 0 Å². The van der Waals surface area contributed by atoms with E-state index in [0.29, 0.717) is 6.42 Å². The number of carbonyl (C=O) groups excluding carboxylic acids is 1. The van der Waals surface area contributed by atoms with E-state index in [0.717, 1.165) is 6.42 Å². The summed E-state index contributed by atoms with van der Waals surface area (Å²) in [4.78, 5) is 21.0. The molecule has 0 radical (unpaired) electrons. The highest BCUT2D eigenvalue weighted by Gasteiger charge is 2.14. The number of rotatable bonds is 5. The van der Waals surface area contributed by atoms with Crippen LogP contribution in [0.25, 0.3) is 0 Å². The fourth-order valence-electron chi connectivity index (χ4n) is 0.713. The number of carboxylic acids is 1. The standard InChI is InChI=1S/C7H13NO3/c1-2-3-5(9)4-6(8)7(10)11/h6H,2-4,8H2,1H3,(H,10,11)/t6-/m0/s1. The Hall–Kier alpha value is -0.900. The Morgan fingerprint density at radius 1 is 1.55 bits per heavy atom. The lowest BCUT2D eigenvalue weighted by Crippen LogP contribution is -2.32. The Bertz CT molecular complexity index is 156. The zero-order valence-electron chi connectivity index (χ0n) is 6.54. The van der Waals surface area contributed by atoms with Crippen molar-refractivity contribution in [2.45, 2.75) is 32.2 Å². The normalized spacial score (nSPS) is 12.5. The minimum atomic E-state index is -1.12. The summed E-state index contributed by atoms with van der Waals surface area (Å²) in [5.74, 6) is -1.20. The molecule has 0 spiro atoms. The second kappa shape index (κ2) is 4.85. The summed E-state index contributed by atoms with van der Waals surface area (Å²) >= 11 is 0. The number of Topliss-reactive ketones (excluding diaryl/α,β-unsaturated/α-hetero) is 1. The van der Waals surface area contributed by atoms with Gasteiger partial charge in [0.25, 0.3) is 0 Å². The van der Waals surface area contributed by atoms with E-state index in [9.17, 15) is 9.59 Å². The molecule has 0 fully saturated rings. The van der Waals surface area contributed by atoms with Crippen LogP contribution in [0.15, 0.2) is 0 Å². The summed E-state index contributed by atoms with van der Waals surface area (Å²) in [5, 5.41) is 8.32. The lowest BCUT2D eigenvalue weighted by atomic mass is 10.1. The molecule has 0 bridgehead atoms. The van der Waals surface area contributed by atoms with Crippen molar-refractivity contribution >= 4 is 11.8 Å². The topological polar surface area (TPSA) is 80.4 Å². The lowest BCUT2D eigenvalue weighted by Gasteiger charge is -2.03. The highest BCUT2D eigenvalue weighted by atomic mass is 16.4. The van der Waals surface area contributed by atoms with Gasteiger partial charge >= 0.3 is 5.97 Å². The lowest BCUT2D eigenvalue weighted by molar-refractivity contribution is -0.140. The number of hydrogen-bond acceptors (Lipinski definition) is 3. The molecule has 0 unspecified atom stereocenters. The van der Waals surface area contributed by atoms with E-state index in [1.807, 2.05) is 6.92 Å². The van der Waals surface area contributed by atoms with Crippen molar-refractivity contribution in [3.8, 4) is 0 Å². The quantitative estimate of drug-likeness (QED) is 0.598. The molecule has 11 heavy (non-hydrogen) atoms. The third-order valence-electron chi connectivity index (χ3n) is 1.29. The molecule has 0 aromatic rings. The van der Waals surface area contributed by atoms with Crippen LogP contribution in [0.1, 0.15) is 26.2 Å². The van der Waals surface area contributed by atoms with Crippen molar-refractivity contribution in [3.05, 3.63) is 0 Å². The van der Waals surface area contributed by atoms with Gasteiger partial charge in [-0.05, 0) is 6.42 Å². The molecule has 0 aromatic carbocycles. The molecular weight excluding hydrogens is 146 g/mol. The van der Waals surface area contributed by atoms with Crippen LogP contribution < -0.4 is 5.73 Å². The van der Waals surface area contributed by atoms with Crippen LogP contribution in [0.4, 0.5) is 0 Å². The molecule has 4 heteroatoms. The number of carbonyl (C=O) groups is 2. The van der Waals surface area contributed by atoms with Gasteiger partial charge in [0.1, 0.15) is 11.8 Å².